The standard InChI is InChI=1S/C15H13BrF2O/c1-9-2-4-12(17)6-10(9)7-15(19)13-5-3-11(16)8-14(13)18/h2-6,8,15,19H,7H2,1H3. The van der Waals surface area contributed by atoms with Crippen LogP contribution in [0.2, 0.25) is 0 Å². The van der Waals surface area contributed by atoms with Gasteiger partial charge in [0.1, 0.15) is 11.6 Å². The van der Waals surface area contributed by atoms with Crippen molar-refractivity contribution in [3.8, 4) is 0 Å². The first-order valence-corrected chi connectivity index (χ1v) is 6.64. The van der Waals surface area contributed by atoms with Gasteiger partial charge in [-0.2, -0.15) is 0 Å². The topological polar surface area (TPSA) is 20.2 Å². The normalized spacial score (nSPS) is 12.5. The lowest BCUT2D eigenvalue weighted by Gasteiger charge is -2.14. The van der Waals surface area contributed by atoms with Gasteiger partial charge in [-0.1, -0.05) is 28.1 Å². The van der Waals surface area contributed by atoms with E-state index in [0.717, 1.165) is 5.56 Å². The first-order valence-electron chi connectivity index (χ1n) is 5.85. The van der Waals surface area contributed by atoms with Gasteiger partial charge < -0.3 is 5.11 Å². The van der Waals surface area contributed by atoms with Crippen LogP contribution >= 0.6 is 15.9 Å². The van der Waals surface area contributed by atoms with Crippen LogP contribution in [0.1, 0.15) is 22.8 Å². The van der Waals surface area contributed by atoms with Crippen molar-refractivity contribution >= 4 is 15.9 Å². The number of rotatable bonds is 3. The number of aliphatic hydroxyl groups is 1. The third-order valence-electron chi connectivity index (χ3n) is 3.05. The summed E-state index contributed by atoms with van der Waals surface area (Å²) < 4.78 is 27.5. The van der Waals surface area contributed by atoms with Crippen molar-refractivity contribution in [3.05, 3.63) is 69.2 Å². The molecule has 1 nitrogen and oxygen atoms in total. The minimum absolute atomic E-state index is 0.183. The van der Waals surface area contributed by atoms with Gasteiger partial charge in [0, 0.05) is 16.5 Å². The zero-order valence-corrected chi connectivity index (χ0v) is 11.9. The van der Waals surface area contributed by atoms with E-state index in [1.807, 2.05) is 6.92 Å². The predicted molar refractivity (Wildman–Crippen MR) is 73.9 cm³/mol. The molecule has 19 heavy (non-hydrogen) atoms. The quantitative estimate of drug-likeness (QED) is 0.891. The highest BCUT2D eigenvalue weighted by atomic mass is 79.9. The van der Waals surface area contributed by atoms with E-state index in [4.69, 9.17) is 0 Å². The SMILES string of the molecule is Cc1ccc(F)cc1CC(O)c1ccc(Br)cc1F. The molecule has 0 spiro atoms. The lowest BCUT2D eigenvalue weighted by Crippen LogP contribution is -2.06. The fourth-order valence-corrected chi connectivity index (χ4v) is 2.28. The first kappa shape index (κ1) is 14.2. The maximum atomic E-state index is 13.7. The minimum Gasteiger partial charge on any atom is -0.388 e. The molecular weight excluding hydrogens is 314 g/mol. The van der Waals surface area contributed by atoms with Crippen LogP contribution in [0.5, 0.6) is 0 Å². The van der Waals surface area contributed by atoms with E-state index in [2.05, 4.69) is 15.9 Å². The minimum atomic E-state index is -0.992. The average molecular weight is 327 g/mol. The Hall–Kier alpha value is -1.26. The van der Waals surface area contributed by atoms with E-state index in [-0.39, 0.29) is 17.8 Å². The molecule has 1 N–H and O–H groups in total. The average Bonchev–Trinajstić information content (AvgIpc) is 2.33. The molecule has 0 aliphatic carbocycles. The maximum absolute atomic E-state index is 13.7. The Morgan fingerprint density at radius 3 is 2.58 bits per heavy atom. The summed E-state index contributed by atoms with van der Waals surface area (Å²) in [6, 6.07) is 8.88. The molecule has 0 radical (unpaired) electrons. The smallest absolute Gasteiger partial charge is 0.130 e. The van der Waals surface area contributed by atoms with Crippen LogP contribution in [0.4, 0.5) is 8.78 Å². The summed E-state index contributed by atoms with van der Waals surface area (Å²) in [5.74, 6) is -0.833. The summed E-state index contributed by atoms with van der Waals surface area (Å²) in [6.45, 7) is 1.83. The number of benzene rings is 2. The Labute approximate surface area is 119 Å². The van der Waals surface area contributed by atoms with E-state index in [1.165, 1.54) is 24.3 Å². The van der Waals surface area contributed by atoms with E-state index >= 15 is 0 Å². The number of halogens is 3. The number of aliphatic hydroxyl groups excluding tert-OH is 1. The Morgan fingerprint density at radius 1 is 1.16 bits per heavy atom. The highest BCUT2D eigenvalue weighted by molar-refractivity contribution is 9.10. The van der Waals surface area contributed by atoms with Gasteiger partial charge in [-0.25, -0.2) is 8.78 Å². The van der Waals surface area contributed by atoms with Crippen LogP contribution < -0.4 is 0 Å². The molecule has 1 unspecified atom stereocenters. The zero-order valence-electron chi connectivity index (χ0n) is 10.3. The van der Waals surface area contributed by atoms with Gasteiger partial charge in [-0.3, -0.25) is 0 Å². The lowest BCUT2D eigenvalue weighted by molar-refractivity contribution is 0.173. The number of hydrogen-bond acceptors (Lipinski definition) is 1. The Kier molecular flexibility index (Phi) is 4.32. The Morgan fingerprint density at radius 2 is 1.89 bits per heavy atom. The van der Waals surface area contributed by atoms with Crippen molar-refractivity contribution < 1.29 is 13.9 Å². The molecule has 2 aromatic carbocycles. The van der Waals surface area contributed by atoms with E-state index < -0.39 is 11.9 Å². The van der Waals surface area contributed by atoms with Gasteiger partial charge in [0.15, 0.2) is 0 Å². The third kappa shape index (κ3) is 3.39. The maximum Gasteiger partial charge on any atom is 0.130 e. The van der Waals surface area contributed by atoms with Gasteiger partial charge in [0.25, 0.3) is 0 Å². The number of hydrogen-bond donors (Lipinski definition) is 1. The highest BCUT2D eigenvalue weighted by Crippen LogP contribution is 2.25. The first-order chi connectivity index (χ1) is 8.97. The molecule has 0 aromatic heterocycles. The van der Waals surface area contributed by atoms with Crippen LogP contribution in [0.3, 0.4) is 0 Å². The Bertz CT molecular complexity index is 599. The van der Waals surface area contributed by atoms with Gasteiger partial charge in [-0.15, -0.1) is 0 Å². The van der Waals surface area contributed by atoms with Crippen molar-refractivity contribution in [2.45, 2.75) is 19.4 Å². The molecule has 4 heteroatoms. The molecular formula is C15H13BrF2O. The largest absolute Gasteiger partial charge is 0.388 e. The van der Waals surface area contributed by atoms with Crippen molar-refractivity contribution in [2.75, 3.05) is 0 Å². The zero-order chi connectivity index (χ0) is 14.0. The van der Waals surface area contributed by atoms with Crippen LogP contribution in [-0.4, -0.2) is 5.11 Å². The summed E-state index contributed by atoms with van der Waals surface area (Å²) in [7, 11) is 0. The van der Waals surface area contributed by atoms with Gasteiger partial charge >= 0.3 is 0 Å². The van der Waals surface area contributed by atoms with Crippen molar-refractivity contribution in [1.82, 2.24) is 0 Å². The van der Waals surface area contributed by atoms with Crippen LogP contribution in [0.15, 0.2) is 40.9 Å². The van der Waals surface area contributed by atoms with Crippen LogP contribution in [0, 0.1) is 18.6 Å². The van der Waals surface area contributed by atoms with Gasteiger partial charge in [0.05, 0.1) is 6.10 Å². The van der Waals surface area contributed by atoms with Gasteiger partial charge in [0.2, 0.25) is 0 Å². The summed E-state index contributed by atoms with van der Waals surface area (Å²) in [5, 5.41) is 10.1. The summed E-state index contributed by atoms with van der Waals surface area (Å²) >= 11 is 3.16. The molecule has 2 rings (SSSR count). The molecule has 0 amide bonds. The fourth-order valence-electron chi connectivity index (χ4n) is 1.95. The van der Waals surface area contributed by atoms with Crippen LogP contribution in [0.25, 0.3) is 0 Å². The van der Waals surface area contributed by atoms with Crippen molar-refractivity contribution in [3.63, 3.8) is 0 Å². The molecule has 0 aliphatic rings. The third-order valence-corrected chi connectivity index (χ3v) is 3.54. The summed E-state index contributed by atoms with van der Waals surface area (Å²) in [5.41, 5.74) is 1.76. The van der Waals surface area contributed by atoms with Crippen molar-refractivity contribution in [2.24, 2.45) is 0 Å². The monoisotopic (exact) mass is 326 g/mol. The molecule has 0 bridgehead atoms. The molecule has 1 atom stereocenters. The molecule has 100 valence electrons. The molecule has 0 fully saturated rings. The lowest BCUT2D eigenvalue weighted by atomic mass is 9.98. The molecule has 0 aliphatic heterocycles. The predicted octanol–water partition coefficient (Wildman–Crippen LogP) is 4.31. The highest BCUT2D eigenvalue weighted by Gasteiger charge is 2.15. The van der Waals surface area contributed by atoms with Crippen molar-refractivity contribution in [1.29, 1.82) is 0 Å². The van der Waals surface area contributed by atoms with E-state index in [9.17, 15) is 13.9 Å². The second kappa shape index (κ2) is 5.80. The van der Waals surface area contributed by atoms with Crippen LogP contribution in [-0.2, 0) is 6.42 Å². The molecule has 0 saturated heterocycles. The number of aryl methyl sites for hydroxylation is 1. The second-order valence-corrected chi connectivity index (χ2v) is 5.37. The van der Waals surface area contributed by atoms with Gasteiger partial charge in [-0.05, 0) is 42.3 Å². The van der Waals surface area contributed by atoms with E-state index in [1.54, 1.807) is 12.1 Å². The molecule has 2 aromatic rings. The molecule has 0 saturated carbocycles. The summed E-state index contributed by atoms with van der Waals surface area (Å²) in [6.07, 6.45) is -0.809. The molecule has 0 heterocycles. The Balaban J connectivity index is 2.25. The summed E-state index contributed by atoms with van der Waals surface area (Å²) in [4.78, 5) is 0. The second-order valence-electron chi connectivity index (χ2n) is 4.46. The van der Waals surface area contributed by atoms with E-state index in [0.29, 0.717) is 10.0 Å². The fraction of sp³-hybridized carbons (Fsp3) is 0.200.